The molecule has 3 aliphatic rings. The van der Waals surface area contributed by atoms with Gasteiger partial charge in [-0.15, -0.1) is 0 Å². The number of hydrogen-bond donors (Lipinski definition) is 0. The van der Waals surface area contributed by atoms with Crippen molar-refractivity contribution in [3.63, 3.8) is 0 Å². The third kappa shape index (κ3) is 3.28. The van der Waals surface area contributed by atoms with Gasteiger partial charge in [0.05, 0.1) is 0 Å². The van der Waals surface area contributed by atoms with Crippen molar-refractivity contribution in [3.8, 4) is 0 Å². The Bertz CT molecular complexity index is 519. The number of rotatable bonds is 3. The molecule has 126 valence electrons. The van der Waals surface area contributed by atoms with E-state index in [9.17, 15) is 0 Å². The number of aryl methyl sites for hydroxylation is 1. The van der Waals surface area contributed by atoms with Crippen LogP contribution in [-0.2, 0) is 0 Å². The van der Waals surface area contributed by atoms with Crippen molar-refractivity contribution in [2.75, 3.05) is 37.6 Å². The summed E-state index contributed by atoms with van der Waals surface area (Å²) < 4.78 is 0. The number of hydrogen-bond acceptors (Lipinski definition) is 2. The first kappa shape index (κ1) is 15.5. The van der Waals surface area contributed by atoms with Gasteiger partial charge in [0.2, 0.25) is 0 Å². The molecular formula is C21H32N2. The maximum absolute atomic E-state index is 2.75. The standard InChI is InChI=1S/C21H32N2/c1-17-3-5-20(6-4-17)23-12-9-19(14-23)13-22-15-21(16-22)10-7-18(2)8-11-21/h3-6,18-19H,7-16H2,1-2H3. The zero-order chi connectivity index (χ0) is 15.9. The van der Waals surface area contributed by atoms with Crippen molar-refractivity contribution in [1.82, 2.24) is 4.90 Å². The van der Waals surface area contributed by atoms with Crippen LogP contribution in [0.25, 0.3) is 0 Å². The number of likely N-dealkylation sites (tertiary alicyclic amines) is 1. The van der Waals surface area contributed by atoms with Gasteiger partial charge in [0.15, 0.2) is 0 Å². The molecule has 2 heteroatoms. The minimum Gasteiger partial charge on any atom is -0.371 e. The van der Waals surface area contributed by atoms with Crippen molar-refractivity contribution in [2.45, 2.75) is 46.0 Å². The minimum atomic E-state index is 0.724. The first-order valence-corrected chi connectivity index (χ1v) is 9.66. The predicted octanol–water partition coefficient (Wildman–Crippen LogP) is 4.33. The highest BCUT2D eigenvalue weighted by Gasteiger charge is 2.44. The highest BCUT2D eigenvalue weighted by molar-refractivity contribution is 5.48. The van der Waals surface area contributed by atoms with Crippen LogP contribution >= 0.6 is 0 Å². The summed E-state index contributed by atoms with van der Waals surface area (Å²) in [5.41, 5.74) is 3.50. The Balaban J connectivity index is 1.25. The Labute approximate surface area is 141 Å². The van der Waals surface area contributed by atoms with Gasteiger partial charge in [-0.25, -0.2) is 0 Å². The van der Waals surface area contributed by atoms with E-state index in [1.807, 2.05) is 0 Å². The monoisotopic (exact) mass is 312 g/mol. The highest BCUT2D eigenvalue weighted by atomic mass is 15.2. The second-order valence-corrected chi connectivity index (χ2v) is 8.79. The molecule has 1 atom stereocenters. The molecule has 2 saturated heterocycles. The van der Waals surface area contributed by atoms with Gasteiger partial charge in [-0.1, -0.05) is 37.5 Å². The maximum atomic E-state index is 2.75. The second-order valence-electron chi connectivity index (χ2n) is 8.79. The molecule has 1 aromatic rings. The van der Waals surface area contributed by atoms with Crippen molar-refractivity contribution in [2.24, 2.45) is 17.3 Å². The lowest BCUT2D eigenvalue weighted by Crippen LogP contribution is -2.58. The van der Waals surface area contributed by atoms with Gasteiger partial charge in [0.25, 0.3) is 0 Å². The maximum Gasteiger partial charge on any atom is 0.0366 e. The molecule has 4 rings (SSSR count). The highest BCUT2D eigenvalue weighted by Crippen LogP contribution is 2.45. The second kappa shape index (κ2) is 6.12. The molecule has 1 spiro atoms. The van der Waals surface area contributed by atoms with E-state index in [0.29, 0.717) is 0 Å². The fraction of sp³-hybridized carbons (Fsp3) is 0.714. The lowest BCUT2D eigenvalue weighted by Gasteiger charge is -2.54. The quantitative estimate of drug-likeness (QED) is 0.819. The number of nitrogens with zero attached hydrogens (tertiary/aromatic N) is 2. The Morgan fingerprint density at radius 1 is 1.04 bits per heavy atom. The van der Waals surface area contributed by atoms with E-state index in [1.54, 1.807) is 0 Å². The van der Waals surface area contributed by atoms with E-state index in [0.717, 1.165) is 17.3 Å². The molecule has 0 amide bonds. The van der Waals surface area contributed by atoms with Gasteiger partial charge >= 0.3 is 0 Å². The third-order valence-electron chi connectivity index (χ3n) is 6.65. The molecule has 1 saturated carbocycles. The Kier molecular flexibility index (Phi) is 4.13. The molecular weight excluding hydrogens is 280 g/mol. The Morgan fingerprint density at radius 2 is 1.74 bits per heavy atom. The topological polar surface area (TPSA) is 6.48 Å². The molecule has 2 nitrogen and oxygen atoms in total. The molecule has 0 N–H and O–H groups in total. The molecule has 0 aromatic heterocycles. The van der Waals surface area contributed by atoms with Crippen molar-refractivity contribution in [1.29, 1.82) is 0 Å². The summed E-state index contributed by atoms with van der Waals surface area (Å²) >= 11 is 0. The molecule has 23 heavy (non-hydrogen) atoms. The van der Waals surface area contributed by atoms with Crippen molar-refractivity contribution in [3.05, 3.63) is 29.8 Å². The summed E-state index contributed by atoms with van der Waals surface area (Å²) in [6.07, 6.45) is 7.29. The SMILES string of the molecule is Cc1ccc(N2CCC(CN3CC4(CCC(C)CC4)C3)C2)cc1. The third-order valence-corrected chi connectivity index (χ3v) is 6.65. The average molecular weight is 313 g/mol. The smallest absolute Gasteiger partial charge is 0.0366 e. The van der Waals surface area contributed by atoms with E-state index in [-0.39, 0.29) is 0 Å². The minimum absolute atomic E-state index is 0.724. The van der Waals surface area contributed by atoms with E-state index in [4.69, 9.17) is 0 Å². The van der Waals surface area contributed by atoms with E-state index in [2.05, 4.69) is 47.9 Å². The van der Waals surface area contributed by atoms with Gasteiger partial charge in [-0.2, -0.15) is 0 Å². The van der Waals surface area contributed by atoms with Gasteiger partial charge in [-0.3, -0.25) is 0 Å². The molecule has 1 unspecified atom stereocenters. The fourth-order valence-electron chi connectivity index (χ4n) is 5.06. The van der Waals surface area contributed by atoms with E-state index < -0.39 is 0 Å². The van der Waals surface area contributed by atoms with Crippen LogP contribution in [0.5, 0.6) is 0 Å². The van der Waals surface area contributed by atoms with E-state index in [1.165, 1.54) is 76.1 Å². The van der Waals surface area contributed by atoms with Crippen LogP contribution in [0, 0.1) is 24.2 Å². The van der Waals surface area contributed by atoms with Crippen LogP contribution < -0.4 is 4.90 Å². The lowest BCUT2D eigenvalue weighted by molar-refractivity contribution is -0.0427. The normalized spacial score (nSPS) is 28.3. The first-order chi connectivity index (χ1) is 11.1. The summed E-state index contributed by atoms with van der Waals surface area (Å²) in [4.78, 5) is 5.33. The van der Waals surface area contributed by atoms with E-state index >= 15 is 0 Å². The fourth-order valence-corrected chi connectivity index (χ4v) is 5.06. The van der Waals surface area contributed by atoms with Gasteiger partial charge in [0, 0.05) is 38.4 Å². The van der Waals surface area contributed by atoms with Crippen molar-refractivity contribution >= 4 is 5.69 Å². The lowest BCUT2D eigenvalue weighted by atomic mass is 9.66. The summed E-state index contributed by atoms with van der Waals surface area (Å²) in [6, 6.07) is 9.07. The Morgan fingerprint density at radius 3 is 2.43 bits per heavy atom. The summed E-state index contributed by atoms with van der Waals surface area (Å²) in [5.74, 6) is 1.85. The van der Waals surface area contributed by atoms with Gasteiger partial charge in [0.1, 0.15) is 0 Å². The summed E-state index contributed by atoms with van der Waals surface area (Å²) in [7, 11) is 0. The number of anilines is 1. The van der Waals surface area contributed by atoms with Crippen LogP contribution in [0.15, 0.2) is 24.3 Å². The summed E-state index contributed by atoms with van der Waals surface area (Å²) in [6.45, 7) is 11.2. The van der Waals surface area contributed by atoms with Crippen LogP contribution in [0.1, 0.15) is 44.6 Å². The predicted molar refractivity (Wildman–Crippen MR) is 98.0 cm³/mol. The summed E-state index contributed by atoms with van der Waals surface area (Å²) in [5, 5.41) is 0. The zero-order valence-electron chi connectivity index (χ0n) is 14.9. The first-order valence-electron chi connectivity index (χ1n) is 9.66. The van der Waals surface area contributed by atoms with Gasteiger partial charge in [-0.05, 0) is 55.6 Å². The van der Waals surface area contributed by atoms with Crippen LogP contribution in [0.4, 0.5) is 5.69 Å². The van der Waals surface area contributed by atoms with Crippen LogP contribution in [0.3, 0.4) is 0 Å². The van der Waals surface area contributed by atoms with Crippen LogP contribution in [0.2, 0.25) is 0 Å². The largest absolute Gasteiger partial charge is 0.371 e. The molecule has 2 heterocycles. The Hall–Kier alpha value is -1.02. The van der Waals surface area contributed by atoms with Crippen molar-refractivity contribution < 1.29 is 0 Å². The average Bonchev–Trinajstić information content (AvgIpc) is 2.97. The molecule has 0 bridgehead atoms. The molecule has 0 radical (unpaired) electrons. The number of benzene rings is 1. The molecule has 1 aliphatic carbocycles. The molecule has 1 aromatic carbocycles. The van der Waals surface area contributed by atoms with Crippen LogP contribution in [-0.4, -0.2) is 37.6 Å². The molecule has 2 aliphatic heterocycles. The van der Waals surface area contributed by atoms with Gasteiger partial charge < -0.3 is 9.80 Å². The zero-order valence-corrected chi connectivity index (χ0v) is 14.9. The molecule has 3 fully saturated rings.